The first-order chi connectivity index (χ1) is 14.9. The Hall–Kier alpha value is -2.04. The highest BCUT2D eigenvalue weighted by Crippen LogP contribution is 2.27. The van der Waals surface area contributed by atoms with Crippen LogP contribution in [0.2, 0.25) is 10.0 Å². The minimum atomic E-state index is -0.575. The summed E-state index contributed by atoms with van der Waals surface area (Å²) in [7, 11) is 0. The summed E-state index contributed by atoms with van der Waals surface area (Å²) in [4.78, 5) is 27.7. The SMILES string of the molecule is CCCNC(=O)[C@@H](CC)N(Cc1c(Cl)cccc1Cl)C(=O)CCc1ccc(CC)cc1. The van der Waals surface area contributed by atoms with Crippen molar-refractivity contribution in [2.75, 3.05) is 6.54 Å². The topological polar surface area (TPSA) is 49.4 Å². The predicted molar refractivity (Wildman–Crippen MR) is 129 cm³/mol. The molecule has 0 aromatic heterocycles. The molecule has 2 aromatic carbocycles. The molecule has 0 aliphatic rings. The monoisotopic (exact) mass is 462 g/mol. The summed E-state index contributed by atoms with van der Waals surface area (Å²) in [6.07, 6.45) is 3.25. The van der Waals surface area contributed by atoms with E-state index in [1.165, 1.54) is 5.56 Å². The maximum Gasteiger partial charge on any atom is 0.242 e. The molecule has 0 fully saturated rings. The van der Waals surface area contributed by atoms with Crippen molar-refractivity contribution < 1.29 is 9.59 Å². The zero-order chi connectivity index (χ0) is 22.8. The minimum absolute atomic E-state index is 0.0888. The summed E-state index contributed by atoms with van der Waals surface area (Å²) in [6, 6.07) is 13.0. The molecule has 168 valence electrons. The van der Waals surface area contributed by atoms with Gasteiger partial charge in [-0.05, 0) is 48.9 Å². The average Bonchev–Trinajstić information content (AvgIpc) is 2.78. The van der Waals surface area contributed by atoms with Gasteiger partial charge in [-0.2, -0.15) is 0 Å². The van der Waals surface area contributed by atoms with E-state index in [-0.39, 0.29) is 18.4 Å². The van der Waals surface area contributed by atoms with Gasteiger partial charge < -0.3 is 10.2 Å². The zero-order valence-electron chi connectivity index (χ0n) is 18.6. The Morgan fingerprint density at radius 2 is 1.58 bits per heavy atom. The van der Waals surface area contributed by atoms with Crippen LogP contribution in [-0.4, -0.2) is 29.3 Å². The molecule has 0 aliphatic carbocycles. The number of hydrogen-bond acceptors (Lipinski definition) is 2. The number of carbonyl (C=O) groups is 2. The lowest BCUT2D eigenvalue weighted by Gasteiger charge is -2.31. The molecule has 4 nitrogen and oxygen atoms in total. The molecule has 0 saturated heterocycles. The second-order valence-corrected chi connectivity index (χ2v) is 8.42. The number of hydrogen-bond donors (Lipinski definition) is 1. The van der Waals surface area contributed by atoms with Crippen molar-refractivity contribution in [1.29, 1.82) is 0 Å². The molecule has 0 aliphatic heterocycles. The molecule has 1 N–H and O–H groups in total. The third-order valence-electron chi connectivity index (χ3n) is 5.38. The van der Waals surface area contributed by atoms with E-state index in [2.05, 4.69) is 36.5 Å². The van der Waals surface area contributed by atoms with Crippen LogP contribution in [0.1, 0.15) is 56.7 Å². The van der Waals surface area contributed by atoms with Gasteiger partial charge in [0.15, 0.2) is 0 Å². The van der Waals surface area contributed by atoms with Crippen LogP contribution < -0.4 is 5.32 Å². The van der Waals surface area contributed by atoms with Gasteiger partial charge in [0.25, 0.3) is 0 Å². The van der Waals surface area contributed by atoms with Crippen molar-refractivity contribution in [2.24, 2.45) is 0 Å². The first-order valence-electron chi connectivity index (χ1n) is 11.0. The van der Waals surface area contributed by atoms with Gasteiger partial charge >= 0.3 is 0 Å². The Balaban J connectivity index is 2.23. The van der Waals surface area contributed by atoms with Crippen LogP contribution in [-0.2, 0) is 29.0 Å². The maximum atomic E-state index is 13.3. The van der Waals surface area contributed by atoms with E-state index in [1.54, 1.807) is 23.1 Å². The Bertz CT molecular complexity index is 848. The van der Waals surface area contributed by atoms with Crippen LogP contribution in [0.15, 0.2) is 42.5 Å². The molecular weight excluding hydrogens is 431 g/mol. The third-order valence-corrected chi connectivity index (χ3v) is 6.09. The first-order valence-corrected chi connectivity index (χ1v) is 11.7. The van der Waals surface area contributed by atoms with E-state index in [1.807, 2.05) is 13.8 Å². The number of carbonyl (C=O) groups excluding carboxylic acids is 2. The molecule has 0 saturated carbocycles. The fraction of sp³-hybridized carbons (Fsp3) is 0.440. The number of nitrogens with zero attached hydrogens (tertiary/aromatic N) is 1. The van der Waals surface area contributed by atoms with Gasteiger partial charge in [-0.25, -0.2) is 0 Å². The summed E-state index contributed by atoms with van der Waals surface area (Å²) in [5.74, 6) is -0.234. The third kappa shape index (κ3) is 7.26. The van der Waals surface area contributed by atoms with Gasteiger partial charge in [-0.1, -0.05) is 74.3 Å². The van der Waals surface area contributed by atoms with E-state index < -0.39 is 6.04 Å². The number of benzene rings is 2. The lowest BCUT2D eigenvalue weighted by molar-refractivity contribution is -0.141. The Labute approximate surface area is 195 Å². The largest absolute Gasteiger partial charge is 0.354 e. The quantitative estimate of drug-likeness (QED) is 0.456. The van der Waals surface area contributed by atoms with Crippen molar-refractivity contribution in [3.63, 3.8) is 0 Å². The van der Waals surface area contributed by atoms with E-state index in [9.17, 15) is 9.59 Å². The van der Waals surface area contributed by atoms with Crippen molar-refractivity contribution in [2.45, 2.75) is 65.5 Å². The summed E-state index contributed by atoms with van der Waals surface area (Å²) in [6.45, 7) is 6.80. The second-order valence-electron chi connectivity index (χ2n) is 7.61. The molecule has 31 heavy (non-hydrogen) atoms. The molecule has 0 heterocycles. The smallest absolute Gasteiger partial charge is 0.242 e. The molecule has 2 aromatic rings. The van der Waals surface area contributed by atoms with Gasteiger partial charge in [-0.15, -0.1) is 0 Å². The molecule has 0 spiro atoms. The normalized spacial score (nSPS) is 11.8. The highest BCUT2D eigenvalue weighted by atomic mass is 35.5. The van der Waals surface area contributed by atoms with Crippen LogP contribution in [0.5, 0.6) is 0 Å². The average molecular weight is 463 g/mol. The summed E-state index contributed by atoms with van der Waals surface area (Å²) < 4.78 is 0. The van der Waals surface area contributed by atoms with Crippen molar-refractivity contribution in [3.05, 3.63) is 69.2 Å². The van der Waals surface area contributed by atoms with Gasteiger partial charge in [-0.3, -0.25) is 9.59 Å². The molecule has 1 atom stereocenters. The van der Waals surface area contributed by atoms with Crippen molar-refractivity contribution >= 4 is 35.0 Å². The van der Waals surface area contributed by atoms with E-state index in [4.69, 9.17) is 23.2 Å². The summed E-state index contributed by atoms with van der Waals surface area (Å²) >= 11 is 12.7. The Morgan fingerprint density at radius 1 is 0.968 bits per heavy atom. The van der Waals surface area contributed by atoms with E-state index in [0.29, 0.717) is 41.4 Å². The summed E-state index contributed by atoms with van der Waals surface area (Å²) in [5, 5.41) is 3.90. The minimum Gasteiger partial charge on any atom is -0.354 e. The molecule has 2 amide bonds. The van der Waals surface area contributed by atoms with E-state index in [0.717, 1.165) is 18.4 Å². The molecule has 0 bridgehead atoms. The second kappa shape index (κ2) is 12.7. The summed E-state index contributed by atoms with van der Waals surface area (Å²) in [5.41, 5.74) is 3.03. The van der Waals surface area contributed by atoms with Gasteiger partial charge in [0.05, 0.1) is 0 Å². The zero-order valence-corrected chi connectivity index (χ0v) is 20.1. The molecular formula is C25H32Cl2N2O2. The number of amides is 2. The molecule has 0 radical (unpaired) electrons. The molecule has 6 heteroatoms. The van der Waals surface area contributed by atoms with Gasteiger partial charge in [0.1, 0.15) is 6.04 Å². The number of rotatable bonds is 11. The van der Waals surface area contributed by atoms with E-state index >= 15 is 0 Å². The number of aryl methyl sites for hydroxylation is 2. The number of halogens is 2. The van der Waals surface area contributed by atoms with Gasteiger partial charge in [0.2, 0.25) is 11.8 Å². The highest BCUT2D eigenvalue weighted by molar-refractivity contribution is 6.36. The van der Waals surface area contributed by atoms with Crippen molar-refractivity contribution in [1.82, 2.24) is 10.2 Å². The van der Waals surface area contributed by atoms with Crippen LogP contribution in [0, 0.1) is 0 Å². The van der Waals surface area contributed by atoms with Crippen molar-refractivity contribution in [3.8, 4) is 0 Å². The molecule has 2 rings (SSSR count). The van der Waals surface area contributed by atoms with Crippen LogP contribution in [0.4, 0.5) is 0 Å². The number of nitrogens with one attached hydrogen (secondary N) is 1. The Kier molecular flexibility index (Phi) is 10.4. The van der Waals surface area contributed by atoms with Gasteiger partial charge in [0, 0.05) is 35.1 Å². The lowest BCUT2D eigenvalue weighted by Crippen LogP contribution is -2.49. The standard InChI is InChI=1S/C25H32Cl2N2O2/c1-4-16-28-25(31)23(6-3)29(17-20-21(26)8-7-9-22(20)27)24(30)15-14-19-12-10-18(5-2)11-13-19/h7-13,23H,4-6,14-17H2,1-3H3,(H,28,31)/t23-/m1/s1. The maximum absolute atomic E-state index is 13.3. The van der Waals surface area contributed by atoms with Crippen LogP contribution in [0.25, 0.3) is 0 Å². The fourth-order valence-electron chi connectivity index (χ4n) is 3.48. The molecule has 0 unspecified atom stereocenters. The lowest BCUT2D eigenvalue weighted by atomic mass is 10.0. The predicted octanol–water partition coefficient (Wildman–Crippen LogP) is 5.82. The fourth-order valence-corrected chi connectivity index (χ4v) is 3.99. The van der Waals surface area contributed by atoms with Crippen LogP contribution >= 0.6 is 23.2 Å². The first kappa shape index (κ1) is 25.2. The highest BCUT2D eigenvalue weighted by Gasteiger charge is 2.29. The van der Waals surface area contributed by atoms with Crippen LogP contribution in [0.3, 0.4) is 0 Å². The Morgan fingerprint density at radius 3 is 2.13 bits per heavy atom.